The molecule has 96 valence electrons. The lowest BCUT2D eigenvalue weighted by molar-refractivity contribution is 0.594. The van der Waals surface area contributed by atoms with Gasteiger partial charge in [0.2, 0.25) is 0 Å². The Bertz CT molecular complexity index is 688. The monoisotopic (exact) mass is 284 g/mol. The van der Waals surface area contributed by atoms with Crippen LogP contribution >= 0.6 is 12.2 Å². The van der Waals surface area contributed by atoms with Gasteiger partial charge in [0.1, 0.15) is 9.84 Å². The third kappa shape index (κ3) is 3.02. The molecule has 0 spiro atoms. The highest BCUT2D eigenvalue weighted by atomic mass is 32.2. The van der Waals surface area contributed by atoms with E-state index >= 15 is 0 Å². The fourth-order valence-electron chi connectivity index (χ4n) is 1.50. The summed E-state index contributed by atoms with van der Waals surface area (Å²) in [6, 6.07) is 3.63. The van der Waals surface area contributed by atoms with Crippen molar-refractivity contribution in [2.45, 2.75) is 6.54 Å². The Morgan fingerprint density at radius 1 is 1.50 bits per heavy atom. The van der Waals surface area contributed by atoms with Crippen LogP contribution in [0.3, 0.4) is 0 Å². The third-order valence-corrected chi connectivity index (χ3v) is 3.60. The van der Waals surface area contributed by atoms with Crippen LogP contribution in [0.4, 0.5) is 0 Å². The first-order valence-corrected chi connectivity index (χ1v) is 7.67. The van der Waals surface area contributed by atoms with Crippen LogP contribution in [0.2, 0.25) is 0 Å². The van der Waals surface area contributed by atoms with Gasteiger partial charge in [0.15, 0.2) is 10.6 Å². The molecular weight excluding hydrogens is 272 g/mol. The summed E-state index contributed by atoms with van der Waals surface area (Å²) < 4.78 is 24.5. The van der Waals surface area contributed by atoms with E-state index in [1.165, 1.54) is 6.26 Å². The van der Waals surface area contributed by atoms with Gasteiger partial charge in [-0.3, -0.25) is 14.6 Å². The molecule has 6 nitrogen and oxygen atoms in total. The van der Waals surface area contributed by atoms with Gasteiger partial charge >= 0.3 is 0 Å². The largest absolute Gasteiger partial charge is 0.299 e. The molecule has 2 rings (SSSR count). The van der Waals surface area contributed by atoms with Crippen molar-refractivity contribution in [3.05, 3.63) is 29.3 Å². The topological polar surface area (TPSA) is 80.6 Å². The van der Waals surface area contributed by atoms with Crippen molar-refractivity contribution in [3.8, 4) is 11.4 Å². The number of rotatable bonds is 4. The van der Waals surface area contributed by atoms with E-state index in [1.807, 2.05) is 6.07 Å². The number of nitrogens with one attached hydrogen (secondary N) is 1. The molecule has 0 aliphatic rings. The maximum atomic E-state index is 11.2. The van der Waals surface area contributed by atoms with Crippen LogP contribution in [-0.2, 0) is 16.4 Å². The zero-order chi connectivity index (χ0) is 13.2. The zero-order valence-electron chi connectivity index (χ0n) is 9.70. The predicted octanol–water partition coefficient (Wildman–Crippen LogP) is 1.05. The number of hydrogen-bond donors (Lipinski definition) is 1. The van der Waals surface area contributed by atoms with Gasteiger partial charge in [-0.1, -0.05) is 0 Å². The number of aromatic nitrogens is 4. The SMILES string of the molecule is CS(=O)(=O)CCn1c(-c2cccnc2)n[nH]c1=S. The fourth-order valence-corrected chi connectivity index (χ4v) is 2.24. The van der Waals surface area contributed by atoms with E-state index in [1.54, 1.807) is 23.0 Å². The first kappa shape index (κ1) is 12.9. The molecule has 18 heavy (non-hydrogen) atoms. The van der Waals surface area contributed by atoms with Crippen LogP contribution < -0.4 is 0 Å². The van der Waals surface area contributed by atoms with Gasteiger partial charge in [0.25, 0.3) is 0 Å². The number of aromatic amines is 1. The van der Waals surface area contributed by atoms with Crippen molar-refractivity contribution < 1.29 is 8.42 Å². The summed E-state index contributed by atoms with van der Waals surface area (Å²) in [5.41, 5.74) is 0.790. The molecule has 8 heteroatoms. The third-order valence-electron chi connectivity index (χ3n) is 2.36. The average Bonchev–Trinajstić information content (AvgIpc) is 2.68. The number of H-pyrrole nitrogens is 1. The molecule has 2 aromatic rings. The Labute approximate surface area is 110 Å². The smallest absolute Gasteiger partial charge is 0.195 e. The normalized spacial score (nSPS) is 11.6. The standard InChI is InChI=1S/C10H12N4O2S2/c1-18(15,16)6-5-14-9(12-13-10(14)17)8-3-2-4-11-7-8/h2-4,7H,5-6H2,1H3,(H,13,17). The first-order chi connectivity index (χ1) is 8.47. The molecule has 2 aromatic heterocycles. The number of pyridine rings is 1. The first-order valence-electron chi connectivity index (χ1n) is 5.21. The lowest BCUT2D eigenvalue weighted by Crippen LogP contribution is -2.12. The molecule has 1 N–H and O–H groups in total. The Hall–Kier alpha value is -1.54. The van der Waals surface area contributed by atoms with Gasteiger partial charge in [-0.05, 0) is 24.4 Å². The van der Waals surface area contributed by atoms with E-state index in [4.69, 9.17) is 12.2 Å². The molecule has 0 aliphatic carbocycles. The van der Waals surface area contributed by atoms with E-state index in [2.05, 4.69) is 15.2 Å². The van der Waals surface area contributed by atoms with E-state index in [0.717, 1.165) is 5.56 Å². The summed E-state index contributed by atoms with van der Waals surface area (Å²) in [7, 11) is -3.04. The minimum Gasteiger partial charge on any atom is -0.299 e. The van der Waals surface area contributed by atoms with Gasteiger partial charge in [-0.15, -0.1) is 0 Å². The highest BCUT2D eigenvalue weighted by Gasteiger charge is 2.11. The molecule has 0 bridgehead atoms. The second-order valence-corrected chi connectivity index (χ2v) is 6.52. The lowest BCUT2D eigenvalue weighted by atomic mass is 10.3. The summed E-state index contributed by atoms with van der Waals surface area (Å²) in [6.45, 7) is 0.276. The Kier molecular flexibility index (Phi) is 3.58. The van der Waals surface area contributed by atoms with E-state index < -0.39 is 9.84 Å². The molecule has 0 radical (unpaired) electrons. The molecular formula is C10H12N4O2S2. The van der Waals surface area contributed by atoms with Crippen LogP contribution in [0.5, 0.6) is 0 Å². The van der Waals surface area contributed by atoms with Crippen molar-refractivity contribution in [1.29, 1.82) is 0 Å². The Morgan fingerprint density at radius 2 is 2.28 bits per heavy atom. The predicted molar refractivity (Wildman–Crippen MR) is 70.4 cm³/mol. The molecule has 0 aliphatic heterocycles. The van der Waals surface area contributed by atoms with Crippen molar-refractivity contribution in [1.82, 2.24) is 19.7 Å². The van der Waals surface area contributed by atoms with E-state index in [0.29, 0.717) is 10.6 Å². The second-order valence-electron chi connectivity index (χ2n) is 3.88. The molecule has 0 atom stereocenters. The molecule has 0 unspecified atom stereocenters. The molecule has 2 heterocycles. The van der Waals surface area contributed by atoms with Crippen molar-refractivity contribution in [2.24, 2.45) is 0 Å². The summed E-state index contributed by atoms with van der Waals surface area (Å²) in [5.74, 6) is 0.616. The fraction of sp³-hybridized carbons (Fsp3) is 0.300. The van der Waals surface area contributed by atoms with Gasteiger partial charge < -0.3 is 0 Å². The van der Waals surface area contributed by atoms with E-state index in [-0.39, 0.29) is 12.3 Å². The van der Waals surface area contributed by atoms with Gasteiger partial charge in [-0.25, -0.2) is 8.42 Å². The highest BCUT2D eigenvalue weighted by Crippen LogP contribution is 2.15. The van der Waals surface area contributed by atoms with Gasteiger partial charge in [0, 0.05) is 30.8 Å². The highest BCUT2D eigenvalue weighted by molar-refractivity contribution is 7.90. The van der Waals surface area contributed by atoms with Gasteiger partial charge in [-0.2, -0.15) is 5.10 Å². The van der Waals surface area contributed by atoms with Crippen LogP contribution in [-0.4, -0.2) is 40.2 Å². The average molecular weight is 284 g/mol. The summed E-state index contributed by atoms with van der Waals surface area (Å²) in [4.78, 5) is 4.00. The second kappa shape index (κ2) is 4.99. The minimum absolute atomic E-state index is 0.0219. The lowest BCUT2D eigenvalue weighted by Gasteiger charge is -2.05. The van der Waals surface area contributed by atoms with Crippen molar-refractivity contribution in [2.75, 3.05) is 12.0 Å². The Balaban J connectivity index is 2.37. The van der Waals surface area contributed by atoms with Gasteiger partial charge in [0.05, 0.1) is 5.75 Å². The number of nitrogens with zero attached hydrogens (tertiary/aromatic N) is 3. The maximum absolute atomic E-state index is 11.2. The molecule has 0 amide bonds. The van der Waals surface area contributed by atoms with Crippen LogP contribution in [0.1, 0.15) is 0 Å². The summed E-state index contributed by atoms with van der Waals surface area (Å²) in [5, 5.41) is 6.76. The summed E-state index contributed by atoms with van der Waals surface area (Å²) >= 11 is 5.09. The molecule has 0 saturated carbocycles. The van der Waals surface area contributed by atoms with Crippen molar-refractivity contribution in [3.63, 3.8) is 0 Å². The number of hydrogen-bond acceptors (Lipinski definition) is 5. The molecule has 0 aromatic carbocycles. The van der Waals surface area contributed by atoms with Crippen molar-refractivity contribution >= 4 is 22.1 Å². The van der Waals surface area contributed by atoms with E-state index in [9.17, 15) is 8.42 Å². The Morgan fingerprint density at radius 3 is 2.89 bits per heavy atom. The maximum Gasteiger partial charge on any atom is 0.195 e. The zero-order valence-corrected chi connectivity index (χ0v) is 11.3. The summed E-state index contributed by atoms with van der Waals surface area (Å²) in [6.07, 6.45) is 4.51. The quantitative estimate of drug-likeness (QED) is 0.849. The van der Waals surface area contributed by atoms with Crippen LogP contribution in [0.25, 0.3) is 11.4 Å². The van der Waals surface area contributed by atoms with Crippen LogP contribution in [0, 0.1) is 4.77 Å². The molecule has 0 saturated heterocycles. The van der Waals surface area contributed by atoms with Crippen LogP contribution in [0.15, 0.2) is 24.5 Å². The molecule has 0 fully saturated rings. The minimum atomic E-state index is -3.04. The number of sulfone groups is 1.